The fourth-order valence-electron chi connectivity index (χ4n) is 1.69. The molecule has 0 bridgehead atoms. The van der Waals surface area contributed by atoms with Crippen LogP contribution in [0.25, 0.3) is 0 Å². The topological polar surface area (TPSA) is 86.7 Å². The summed E-state index contributed by atoms with van der Waals surface area (Å²) in [5.74, 6) is -1.69. The normalized spacial score (nSPS) is 21.3. The molecule has 0 aromatic heterocycles. The summed E-state index contributed by atoms with van der Waals surface area (Å²) in [6.07, 6.45) is 0.141. The number of likely N-dealkylation sites (tertiary alicyclic amines) is 1. The number of nitrogens with one attached hydrogen (secondary N) is 1. The van der Waals surface area contributed by atoms with Gasteiger partial charge in [0, 0.05) is 6.42 Å². The molecule has 1 unspecified atom stereocenters. The summed E-state index contributed by atoms with van der Waals surface area (Å²) in [6.45, 7) is 3.25. The van der Waals surface area contributed by atoms with Crippen LogP contribution in [0.15, 0.2) is 0 Å². The maximum absolute atomic E-state index is 11.8. The number of hydrogen-bond donors (Lipinski definition) is 2. The van der Waals surface area contributed by atoms with E-state index in [1.165, 1.54) is 7.05 Å². The molecule has 1 fully saturated rings. The third-order valence-corrected chi connectivity index (χ3v) is 2.73. The smallest absolute Gasteiger partial charge is 0.322 e. The molecule has 2 N–H and O–H groups in total. The number of aliphatic carboxylic acids is 1. The molecule has 1 atom stereocenters. The van der Waals surface area contributed by atoms with E-state index in [0.717, 1.165) is 4.90 Å². The van der Waals surface area contributed by atoms with Crippen LogP contribution in [0.4, 0.5) is 0 Å². The summed E-state index contributed by atoms with van der Waals surface area (Å²) in [7, 11) is 1.48. The molecule has 0 radical (unpaired) electrons. The quantitative estimate of drug-likeness (QED) is 0.630. The number of amides is 2. The van der Waals surface area contributed by atoms with Crippen LogP contribution in [-0.4, -0.2) is 47.4 Å². The van der Waals surface area contributed by atoms with E-state index in [9.17, 15) is 14.4 Å². The highest BCUT2D eigenvalue weighted by molar-refractivity contribution is 6.05. The van der Waals surface area contributed by atoms with Crippen LogP contribution in [0.3, 0.4) is 0 Å². The lowest BCUT2D eigenvalue weighted by Gasteiger charge is -2.21. The molecule has 0 saturated carbocycles. The predicted molar refractivity (Wildman–Crippen MR) is 55.6 cm³/mol. The third-order valence-electron chi connectivity index (χ3n) is 2.73. The van der Waals surface area contributed by atoms with Gasteiger partial charge < -0.3 is 10.4 Å². The summed E-state index contributed by atoms with van der Waals surface area (Å²) in [5.41, 5.74) is -0.714. The minimum Gasteiger partial charge on any atom is -0.480 e. The van der Waals surface area contributed by atoms with Crippen molar-refractivity contribution in [1.29, 1.82) is 0 Å². The van der Waals surface area contributed by atoms with E-state index in [1.807, 2.05) is 0 Å². The molecule has 0 spiro atoms. The van der Waals surface area contributed by atoms with E-state index in [4.69, 9.17) is 5.11 Å². The first-order valence-corrected chi connectivity index (χ1v) is 5.04. The summed E-state index contributed by atoms with van der Waals surface area (Å²) in [4.78, 5) is 35.2. The van der Waals surface area contributed by atoms with Gasteiger partial charge in [0.1, 0.15) is 6.04 Å². The van der Waals surface area contributed by atoms with E-state index in [2.05, 4.69) is 5.32 Å². The zero-order chi connectivity index (χ0) is 12.5. The molecule has 0 aromatic rings. The zero-order valence-corrected chi connectivity index (χ0v) is 9.61. The number of hydrogen-bond acceptors (Lipinski definition) is 4. The summed E-state index contributed by atoms with van der Waals surface area (Å²) < 4.78 is 0. The number of nitrogens with zero attached hydrogens (tertiary/aromatic N) is 1. The van der Waals surface area contributed by atoms with Crippen molar-refractivity contribution in [2.45, 2.75) is 26.3 Å². The lowest BCUT2D eigenvalue weighted by Crippen LogP contribution is -2.47. The molecule has 6 nitrogen and oxygen atoms in total. The number of likely N-dealkylation sites (N-methyl/N-ethyl adjacent to an activating group) is 1. The largest absolute Gasteiger partial charge is 0.480 e. The van der Waals surface area contributed by atoms with Crippen LogP contribution in [0.5, 0.6) is 0 Å². The zero-order valence-electron chi connectivity index (χ0n) is 9.61. The Kier molecular flexibility index (Phi) is 3.32. The number of carboxylic acids is 1. The lowest BCUT2D eigenvalue weighted by atomic mass is 9.92. The molecule has 1 saturated heterocycles. The average molecular weight is 228 g/mol. The number of imide groups is 1. The molecular weight excluding hydrogens is 212 g/mol. The van der Waals surface area contributed by atoms with E-state index in [1.54, 1.807) is 13.8 Å². The summed E-state index contributed by atoms with van der Waals surface area (Å²) >= 11 is 0. The average Bonchev–Trinajstić information content (AvgIpc) is 2.34. The Morgan fingerprint density at radius 1 is 1.56 bits per heavy atom. The highest BCUT2D eigenvalue weighted by Crippen LogP contribution is 2.31. The van der Waals surface area contributed by atoms with Gasteiger partial charge in [-0.1, -0.05) is 13.8 Å². The van der Waals surface area contributed by atoms with Crippen LogP contribution < -0.4 is 5.32 Å². The first-order valence-electron chi connectivity index (χ1n) is 5.04. The van der Waals surface area contributed by atoms with Gasteiger partial charge in [-0.3, -0.25) is 19.3 Å². The number of carbonyl (C=O) groups is 3. The van der Waals surface area contributed by atoms with Crippen molar-refractivity contribution >= 4 is 17.8 Å². The van der Waals surface area contributed by atoms with Gasteiger partial charge in [-0.05, 0) is 7.05 Å². The Balaban J connectivity index is 2.79. The van der Waals surface area contributed by atoms with E-state index >= 15 is 0 Å². The molecule has 0 aromatic carbocycles. The van der Waals surface area contributed by atoms with Crippen molar-refractivity contribution < 1.29 is 19.5 Å². The van der Waals surface area contributed by atoms with Gasteiger partial charge >= 0.3 is 5.97 Å². The molecule has 16 heavy (non-hydrogen) atoms. The Hall–Kier alpha value is -1.43. The second-order valence-electron chi connectivity index (χ2n) is 4.55. The fourth-order valence-corrected chi connectivity index (χ4v) is 1.69. The van der Waals surface area contributed by atoms with Crippen molar-refractivity contribution in [2.24, 2.45) is 5.41 Å². The van der Waals surface area contributed by atoms with E-state index in [0.29, 0.717) is 0 Å². The van der Waals surface area contributed by atoms with Crippen molar-refractivity contribution in [3.63, 3.8) is 0 Å². The van der Waals surface area contributed by atoms with Crippen LogP contribution in [0.2, 0.25) is 0 Å². The predicted octanol–water partition coefficient (Wildman–Crippen LogP) is -0.556. The van der Waals surface area contributed by atoms with Crippen LogP contribution in [-0.2, 0) is 14.4 Å². The molecule has 1 aliphatic rings. The standard InChI is InChI=1S/C10H16N2O4/c1-10(2)4-7(13)12(9(10)16)5-6(11-3)8(14)15/h6,11H,4-5H2,1-3H3,(H,14,15). The lowest BCUT2D eigenvalue weighted by molar-refractivity contribution is -0.144. The molecule has 90 valence electrons. The molecule has 2 amide bonds. The minimum atomic E-state index is -1.08. The van der Waals surface area contributed by atoms with Crippen LogP contribution >= 0.6 is 0 Å². The number of carbonyl (C=O) groups excluding carboxylic acids is 2. The van der Waals surface area contributed by atoms with Gasteiger partial charge in [0.05, 0.1) is 12.0 Å². The van der Waals surface area contributed by atoms with Gasteiger partial charge in [0.15, 0.2) is 0 Å². The van der Waals surface area contributed by atoms with Gasteiger partial charge in [0.25, 0.3) is 0 Å². The van der Waals surface area contributed by atoms with Crippen molar-refractivity contribution in [2.75, 3.05) is 13.6 Å². The highest BCUT2D eigenvalue weighted by Gasteiger charge is 2.45. The van der Waals surface area contributed by atoms with Crippen molar-refractivity contribution in [3.05, 3.63) is 0 Å². The number of carboxylic acid groups (broad SMARTS) is 1. The Labute approximate surface area is 93.6 Å². The molecular formula is C10H16N2O4. The highest BCUT2D eigenvalue weighted by atomic mass is 16.4. The summed E-state index contributed by atoms with van der Waals surface area (Å²) in [6, 6.07) is -0.915. The third kappa shape index (κ3) is 2.21. The summed E-state index contributed by atoms with van der Waals surface area (Å²) in [5, 5.41) is 11.4. The van der Waals surface area contributed by atoms with Gasteiger partial charge in [-0.2, -0.15) is 0 Å². The van der Waals surface area contributed by atoms with Crippen molar-refractivity contribution in [1.82, 2.24) is 10.2 Å². The van der Waals surface area contributed by atoms with Crippen molar-refractivity contribution in [3.8, 4) is 0 Å². The molecule has 1 aliphatic heterocycles. The second kappa shape index (κ2) is 4.21. The van der Waals surface area contributed by atoms with Gasteiger partial charge in [-0.25, -0.2) is 0 Å². The maximum atomic E-state index is 11.8. The molecule has 1 heterocycles. The monoisotopic (exact) mass is 228 g/mol. The maximum Gasteiger partial charge on any atom is 0.322 e. The molecule has 6 heteroatoms. The van der Waals surface area contributed by atoms with Gasteiger partial charge in [0.2, 0.25) is 11.8 Å². The Bertz CT molecular complexity index is 338. The van der Waals surface area contributed by atoms with Crippen LogP contribution in [0, 0.1) is 5.41 Å². The first-order chi connectivity index (χ1) is 7.29. The Morgan fingerprint density at radius 2 is 2.12 bits per heavy atom. The van der Waals surface area contributed by atoms with Gasteiger partial charge in [-0.15, -0.1) is 0 Å². The minimum absolute atomic E-state index is 0.118. The fraction of sp³-hybridized carbons (Fsp3) is 0.700. The molecule has 0 aliphatic carbocycles. The molecule has 1 rings (SSSR count). The van der Waals surface area contributed by atoms with E-state index in [-0.39, 0.29) is 24.8 Å². The SMILES string of the molecule is CNC(CN1C(=O)CC(C)(C)C1=O)C(=O)O. The number of rotatable bonds is 4. The second-order valence-corrected chi connectivity index (χ2v) is 4.55. The Morgan fingerprint density at radius 3 is 2.44 bits per heavy atom. The first kappa shape index (κ1) is 12.6. The van der Waals surface area contributed by atoms with E-state index < -0.39 is 17.4 Å². The van der Waals surface area contributed by atoms with Crippen LogP contribution in [0.1, 0.15) is 20.3 Å².